The first-order chi connectivity index (χ1) is 9.65. The second-order valence-corrected chi connectivity index (χ2v) is 5.21. The van der Waals surface area contributed by atoms with Crippen LogP contribution in [0.5, 0.6) is 0 Å². The second kappa shape index (κ2) is 5.02. The SMILES string of the molecule is NC(=O)c1cc(-c2ccccn2)nc2ccc(Br)cc12. The van der Waals surface area contributed by atoms with Gasteiger partial charge >= 0.3 is 0 Å². The number of pyridine rings is 2. The molecule has 3 rings (SSSR count). The lowest BCUT2D eigenvalue weighted by Gasteiger charge is -2.07. The Morgan fingerprint density at radius 2 is 1.95 bits per heavy atom. The predicted molar refractivity (Wildman–Crippen MR) is 81.2 cm³/mol. The first-order valence-corrected chi connectivity index (χ1v) is 6.76. The highest BCUT2D eigenvalue weighted by molar-refractivity contribution is 9.10. The first-order valence-electron chi connectivity index (χ1n) is 5.96. The largest absolute Gasteiger partial charge is 0.366 e. The lowest BCUT2D eigenvalue weighted by atomic mass is 10.1. The van der Waals surface area contributed by atoms with Gasteiger partial charge in [-0.3, -0.25) is 9.78 Å². The zero-order chi connectivity index (χ0) is 14.1. The average Bonchev–Trinajstić information content (AvgIpc) is 2.47. The van der Waals surface area contributed by atoms with E-state index in [1.54, 1.807) is 12.3 Å². The average molecular weight is 328 g/mol. The molecule has 0 unspecified atom stereocenters. The van der Waals surface area contributed by atoms with Gasteiger partial charge in [0.25, 0.3) is 0 Å². The lowest BCUT2D eigenvalue weighted by Crippen LogP contribution is -2.12. The maximum Gasteiger partial charge on any atom is 0.249 e. The number of halogens is 1. The zero-order valence-electron chi connectivity index (χ0n) is 10.4. The molecule has 5 heteroatoms. The topological polar surface area (TPSA) is 68.9 Å². The molecule has 4 nitrogen and oxygen atoms in total. The van der Waals surface area contributed by atoms with Crippen LogP contribution in [0.2, 0.25) is 0 Å². The van der Waals surface area contributed by atoms with Crippen LogP contribution in [0.4, 0.5) is 0 Å². The smallest absolute Gasteiger partial charge is 0.249 e. The molecule has 1 amide bonds. The molecule has 0 saturated heterocycles. The molecule has 0 atom stereocenters. The van der Waals surface area contributed by atoms with Crippen molar-refractivity contribution in [1.29, 1.82) is 0 Å². The van der Waals surface area contributed by atoms with Gasteiger partial charge in [0.2, 0.25) is 5.91 Å². The quantitative estimate of drug-likeness (QED) is 0.786. The van der Waals surface area contributed by atoms with E-state index in [0.717, 1.165) is 9.86 Å². The third kappa shape index (κ3) is 2.28. The number of primary amides is 1. The van der Waals surface area contributed by atoms with E-state index in [4.69, 9.17) is 5.73 Å². The van der Waals surface area contributed by atoms with Gasteiger partial charge in [-0.1, -0.05) is 22.0 Å². The van der Waals surface area contributed by atoms with Crippen molar-refractivity contribution >= 4 is 32.7 Å². The Balaban J connectivity index is 2.32. The van der Waals surface area contributed by atoms with E-state index in [1.807, 2.05) is 36.4 Å². The summed E-state index contributed by atoms with van der Waals surface area (Å²) >= 11 is 3.39. The number of nitrogens with zero attached hydrogens (tertiary/aromatic N) is 2. The van der Waals surface area contributed by atoms with Crippen molar-refractivity contribution in [2.75, 3.05) is 0 Å². The summed E-state index contributed by atoms with van der Waals surface area (Å²) in [7, 11) is 0. The summed E-state index contributed by atoms with van der Waals surface area (Å²) in [6, 6.07) is 12.8. The highest BCUT2D eigenvalue weighted by atomic mass is 79.9. The summed E-state index contributed by atoms with van der Waals surface area (Å²) in [5.74, 6) is -0.479. The van der Waals surface area contributed by atoms with Gasteiger partial charge in [0.15, 0.2) is 0 Å². The number of benzene rings is 1. The number of hydrogen-bond donors (Lipinski definition) is 1. The van der Waals surface area contributed by atoms with Gasteiger partial charge in [-0.25, -0.2) is 4.98 Å². The van der Waals surface area contributed by atoms with Crippen molar-refractivity contribution in [3.8, 4) is 11.4 Å². The van der Waals surface area contributed by atoms with Gasteiger partial charge in [-0.2, -0.15) is 0 Å². The summed E-state index contributed by atoms with van der Waals surface area (Å²) in [6.07, 6.45) is 1.69. The highest BCUT2D eigenvalue weighted by Crippen LogP contribution is 2.26. The molecular formula is C15H10BrN3O. The van der Waals surface area contributed by atoms with E-state index >= 15 is 0 Å². The maximum absolute atomic E-state index is 11.7. The van der Waals surface area contributed by atoms with Gasteiger partial charge in [0.1, 0.15) is 0 Å². The van der Waals surface area contributed by atoms with Crippen molar-refractivity contribution in [3.63, 3.8) is 0 Å². The normalized spacial score (nSPS) is 10.7. The van der Waals surface area contributed by atoms with Crippen LogP contribution < -0.4 is 5.73 Å². The molecule has 20 heavy (non-hydrogen) atoms. The van der Waals surface area contributed by atoms with Crippen molar-refractivity contribution < 1.29 is 4.79 Å². The molecule has 2 N–H and O–H groups in total. The van der Waals surface area contributed by atoms with Gasteiger partial charge in [0.05, 0.1) is 22.5 Å². The van der Waals surface area contributed by atoms with Gasteiger partial charge in [-0.15, -0.1) is 0 Å². The Kier molecular flexibility index (Phi) is 3.20. The van der Waals surface area contributed by atoms with Gasteiger partial charge < -0.3 is 5.73 Å². The predicted octanol–water partition coefficient (Wildman–Crippen LogP) is 3.16. The third-order valence-corrected chi connectivity index (χ3v) is 3.46. The number of rotatable bonds is 2. The van der Waals surface area contributed by atoms with Crippen LogP contribution in [0, 0.1) is 0 Å². The third-order valence-electron chi connectivity index (χ3n) is 2.96. The van der Waals surface area contributed by atoms with E-state index in [9.17, 15) is 4.79 Å². The number of carbonyl (C=O) groups excluding carboxylic acids is 1. The molecule has 3 aromatic rings. The highest BCUT2D eigenvalue weighted by Gasteiger charge is 2.12. The maximum atomic E-state index is 11.7. The summed E-state index contributed by atoms with van der Waals surface area (Å²) in [5, 5.41) is 0.728. The Morgan fingerprint density at radius 3 is 2.65 bits per heavy atom. The second-order valence-electron chi connectivity index (χ2n) is 4.30. The van der Waals surface area contributed by atoms with Crippen LogP contribution in [0.3, 0.4) is 0 Å². The minimum absolute atomic E-state index is 0.442. The minimum atomic E-state index is -0.479. The fourth-order valence-corrected chi connectivity index (χ4v) is 2.41. The van der Waals surface area contributed by atoms with Crippen molar-refractivity contribution in [3.05, 3.63) is 58.7 Å². The van der Waals surface area contributed by atoms with E-state index in [-0.39, 0.29) is 0 Å². The van der Waals surface area contributed by atoms with Crippen molar-refractivity contribution in [1.82, 2.24) is 9.97 Å². The van der Waals surface area contributed by atoms with E-state index < -0.39 is 5.91 Å². The van der Waals surface area contributed by atoms with E-state index in [1.165, 1.54) is 0 Å². The molecule has 1 aromatic carbocycles. The molecule has 0 spiro atoms. The van der Waals surface area contributed by atoms with Crippen LogP contribution in [0.1, 0.15) is 10.4 Å². The standard InChI is InChI=1S/C15H10BrN3O/c16-9-4-5-12-10(7-9)11(15(17)20)8-14(19-12)13-3-1-2-6-18-13/h1-8H,(H2,17,20). The Bertz CT molecular complexity index is 803. The number of amides is 1. The molecule has 0 fully saturated rings. The van der Waals surface area contributed by atoms with Crippen LogP contribution in [0.25, 0.3) is 22.3 Å². The number of aromatic nitrogens is 2. The van der Waals surface area contributed by atoms with Gasteiger partial charge in [-0.05, 0) is 36.4 Å². The lowest BCUT2D eigenvalue weighted by molar-refractivity contribution is 0.100. The number of carbonyl (C=O) groups is 1. The first kappa shape index (κ1) is 12.7. The molecule has 2 aromatic heterocycles. The zero-order valence-corrected chi connectivity index (χ0v) is 12.0. The van der Waals surface area contributed by atoms with Crippen molar-refractivity contribution in [2.45, 2.75) is 0 Å². The number of hydrogen-bond acceptors (Lipinski definition) is 3. The monoisotopic (exact) mass is 327 g/mol. The molecule has 0 radical (unpaired) electrons. The van der Waals surface area contributed by atoms with Crippen LogP contribution >= 0.6 is 15.9 Å². The summed E-state index contributed by atoms with van der Waals surface area (Å²) in [4.78, 5) is 20.5. The Labute approximate surface area is 123 Å². The molecule has 0 aliphatic rings. The van der Waals surface area contributed by atoms with Crippen LogP contribution in [0.15, 0.2) is 53.1 Å². The number of nitrogens with two attached hydrogens (primary N) is 1. The summed E-state index contributed by atoms with van der Waals surface area (Å²) < 4.78 is 0.875. The van der Waals surface area contributed by atoms with Crippen LogP contribution in [-0.2, 0) is 0 Å². The molecule has 0 saturated carbocycles. The van der Waals surface area contributed by atoms with E-state index in [2.05, 4.69) is 25.9 Å². The molecule has 0 aliphatic carbocycles. The fourth-order valence-electron chi connectivity index (χ4n) is 2.05. The van der Waals surface area contributed by atoms with Crippen LogP contribution in [-0.4, -0.2) is 15.9 Å². The molecule has 98 valence electrons. The number of fused-ring (bicyclic) bond motifs is 1. The Morgan fingerprint density at radius 1 is 1.10 bits per heavy atom. The van der Waals surface area contributed by atoms with Gasteiger partial charge in [0, 0.05) is 16.1 Å². The minimum Gasteiger partial charge on any atom is -0.366 e. The van der Waals surface area contributed by atoms with E-state index in [0.29, 0.717) is 22.5 Å². The molecule has 0 aliphatic heterocycles. The summed E-state index contributed by atoms with van der Waals surface area (Å²) in [6.45, 7) is 0. The molecule has 2 heterocycles. The summed E-state index contributed by atoms with van der Waals surface area (Å²) in [5.41, 5.74) is 7.97. The van der Waals surface area contributed by atoms with Crippen molar-refractivity contribution in [2.24, 2.45) is 5.73 Å². The molecular weight excluding hydrogens is 318 g/mol. The fraction of sp³-hybridized carbons (Fsp3) is 0. The Hall–Kier alpha value is -2.27. The molecule has 0 bridgehead atoms.